The van der Waals surface area contributed by atoms with Gasteiger partial charge in [-0.3, -0.25) is 0 Å². The van der Waals surface area contributed by atoms with Crippen molar-refractivity contribution in [1.82, 2.24) is 0 Å². The van der Waals surface area contributed by atoms with Crippen molar-refractivity contribution < 1.29 is 4.74 Å². The molecule has 1 aromatic rings. The third kappa shape index (κ3) is 4.46. The summed E-state index contributed by atoms with van der Waals surface area (Å²) in [7, 11) is 1.91. The quantitative estimate of drug-likeness (QED) is 0.479. The maximum absolute atomic E-state index is 6.10. The van der Waals surface area contributed by atoms with E-state index in [1.807, 2.05) is 7.11 Å². The molecule has 0 radical (unpaired) electrons. The first-order chi connectivity index (χ1) is 12.8. The van der Waals surface area contributed by atoms with Gasteiger partial charge in [0.2, 0.25) is 0 Å². The zero-order valence-corrected chi connectivity index (χ0v) is 17.5. The van der Waals surface area contributed by atoms with Crippen LogP contribution in [0.1, 0.15) is 132 Å². The van der Waals surface area contributed by atoms with Crippen LogP contribution in [0.3, 0.4) is 0 Å². The molecule has 2 aliphatic carbocycles. The van der Waals surface area contributed by atoms with E-state index >= 15 is 0 Å². The van der Waals surface area contributed by atoms with E-state index in [-0.39, 0.29) is 0 Å². The second kappa shape index (κ2) is 9.81. The molecule has 1 heteroatoms. The summed E-state index contributed by atoms with van der Waals surface area (Å²) >= 11 is 0. The SMILES string of the molecule is CCCC(CC)c1cc(C2CCCCC2)cc(C2CCCCC2)c1OC. The van der Waals surface area contributed by atoms with Crippen molar-refractivity contribution in [2.45, 2.75) is 115 Å². The Balaban J connectivity index is 2.04. The Morgan fingerprint density at radius 2 is 1.50 bits per heavy atom. The van der Waals surface area contributed by atoms with E-state index in [1.54, 1.807) is 11.1 Å². The predicted octanol–water partition coefficient (Wildman–Crippen LogP) is 8.08. The van der Waals surface area contributed by atoms with Crippen molar-refractivity contribution >= 4 is 0 Å². The van der Waals surface area contributed by atoms with E-state index < -0.39 is 0 Å². The molecule has 2 fully saturated rings. The van der Waals surface area contributed by atoms with Crippen molar-refractivity contribution in [2.24, 2.45) is 0 Å². The number of rotatable bonds is 7. The van der Waals surface area contributed by atoms with Crippen LogP contribution in [-0.2, 0) is 0 Å². The number of methoxy groups -OCH3 is 1. The lowest BCUT2D eigenvalue weighted by Crippen LogP contribution is -2.13. The highest BCUT2D eigenvalue weighted by molar-refractivity contribution is 5.49. The largest absolute Gasteiger partial charge is 0.496 e. The average molecular weight is 357 g/mol. The molecule has 3 rings (SSSR count). The van der Waals surface area contributed by atoms with E-state index in [2.05, 4.69) is 26.0 Å². The van der Waals surface area contributed by atoms with E-state index in [1.165, 1.54) is 94.8 Å². The fourth-order valence-corrected chi connectivity index (χ4v) is 5.55. The van der Waals surface area contributed by atoms with Gasteiger partial charge >= 0.3 is 0 Å². The Bertz CT molecular complexity index is 524. The van der Waals surface area contributed by atoms with Crippen LogP contribution < -0.4 is 4.74 Å². The molecule has 0 saturated heterocycles. The monoisotopic (exact) mass is 356 g/mol. The molecule has 1 unspecified atom stereocenters. The first-order valence-corrected chi connectivity index (χ1v) is 11.5. The molecule has 0 bridgehead atoms. The lowest BCUT2D eigenvalue weighted by Gasteiger charge is -2.30. The molecule has 0 N–H and O–H groups in total. The molecule has 0 aliphatic heterocycles. The lowest BCUT2D eigenvalue weighted by molar-refractivity contribution is 0.376. The summed E-state index contributed by atoms with van der Waals surface area (Å²) in [5.41, 5.74) is 4.72. The summed E-state index contributed by atoms with van der Waals surface area (Å²) in [5.74, 6) is 3.41. The van der Waals surface area contributed by atoms with Crippen LogP contribution >= 0.6 is 0 Å². The van der Waals surface area contributed by atoms with Gasteiger partial charge in [-0.1, -0.05) is 70.9 Å². The highest BCUT2D eigenvalue weighted by atomic mass is 16.5. The molecule has 1 atom stereocenters. The molecule has 0 heterocycles. The molecule has 0 amide bonds. The highest BCUT2D eigenvalue weighted by Gasteiger charge is 2.27. The van der Waals surface area contributed by atoms with Gasteiger partial charge in [-0.15, -0.1) is 0 Å². The summed E-state index contributed by atoms with van der Waals surface area (Å²) in [6.07, 6.45) is 17.7. The van der Waals surface area contributed by atoms with E-state index in [4.69, 9.17) is 4.74 Å². The highest BCUT2D eigenvalue weighted by Crippen LogP contribution is 2.45. The number of hydrogen-bond acceptors (Lipinski definition) is 1. The molecule has 2 saturated carbocycles. The summed E-state index contributed by atoms with van der Waals surface area (Å²) in [5, 5.41) is 0. The molecule has 146 valence electrons. The van der Waals surface area contributed by atoms with Crippen LogP contribution in [0.15, 0.2) is 12.1 Å². The van der Waals surface area contributed by atoms with Gasteiger partial charge in [0.05, 0.1) is 7.11 Å². The van der Waals surface area contributed by atoms with Gasteiger partial charge in [-0.25, -0.2) is 0 Å². The number of hydrogen-bond donors (Lipinski definition) is 0. The third-order valence-corrected chi connectivity index (χ3v) is 7.06. The summed E-state index contributed by atoms with van der Waals surface area (Å²) in [6, 6.07) is 5.14. The molecule has 0 spiro atoms. The predicted molar refractivity (Wildman–Crippen MR) is 113 cm³/mol. The fraction of sp³-hybridized carbons (Fsp3) is 0.760. The average Bonchev–Trinajstić information content (AvgIpc) is 2.72. The van der Waals surface area contributed by atoms with Crippen molar-refractivity contribution in [3.8, 4) is 5.75 Å². The van der Waals surface area contributed by atoms with Crippen LogP contribution in [0.2, 0.25) is 0 Å². The number of benzene rings is 1. The first kappa shape index (κ1) is 19.8. The molecule has 1 aromatic carbocycles. The third-order valence-electron chi connectivity index (χ3n) is 7.06. The van der Waals surface area contributed by atoms with Crippen LogP contribution in [-0.4, -0.2) is 7.11 Å². The van der Waals surface area contributed by atoms with Gasteiger partial charge < -0.3 is 4.74 Å². The Labute approximate surface area is 161 Å². The van der Waals surface area contributed by atoms with Crippen molar-refractivity contribution in [1.29, 1.82) is 0 Å². The number of ether oxygens (including phenoxy) is 1. The van der Waals surface area contributed by atoms with Gasteiger partial charge in [0.25, 0.3) is 0 Å². The molecule has 2 aliphatic rings. The van der Waals surface area contributed by atoms with E-state index in [0.29, 0.717) is 5.92 Å². The minimum Gasteiger partial charge on any atom is -0.496 e. The second-order valence-corrected chi connectivity index (χ2v) is 8.80. The lowest BCUT2D eigenvalue weighted by atomic mass is 9.76. The van der Waals surface area contributed by atoms with Crippen LogP contribution in [0, 0.1) is 0 Å². The molecule has 0 aromatic heterocycles. The van der Waals surface area contributed by atoms with Gasteiger partial charge in [0, 0.05) is 0 Å². The Morgan fingerprint density at radius 3 is 2.04 bits per heavy atom. The Morgan fingerprint density at radius 1 is 0.885 bits per heavy atom. The molecule has 1 nitrogen and oxygen atoms in total. The second-order valence-electron chi connectivity index (χ2n) is 8.80. The summed E-state index contributed by atoms with van der Waals surface area (Å²) in [4.78, 5) is 0. The van der Waals surface area contributed by atoms with Crippen LogP contribution in [0.25, 0.3) is 0 Å². The topological polar surface area (TPSA) is 9.23 Å². The normalized spacial score (nSPS) is 20.9. The maximum atomic E-state index is 6.10. The van der Waals surface area contributed by atoms with Crippen LogP contribution in [0.4, 0.5) is 0 Å². The zero-order chi connectivity index (χ0) is 18.4. The maximum Gasteiger partial charge on any atom is 0.125 e. The standard InChI is InChI=1S/C25H40O/c1-4-12-19(5-2)23-17-22(20-13-8-6-9-14-20)18-24(25(23)26-3)21-15-10-7-11-16-21/h17-21H,4-16H2,1-3H3. The minimum absolute atomic E-state index is 0.654. The summed E-state index contributed by atoms with van der Waals surface area (Å²) in [6.45, 7) is 4.68. The summed E-state index contributed by atoms with van der Waals surface area (Å²) < 4.78 is 6.10. The Kier molecular flexibility index (Phi) is 7.46. The van der Waals surface area contributed by atoms with Crippen molar-refractivity contribution in [2.75, 3.05) is 7.11 Å². The van der Waals surface area contributed by atoms with Gasteiger partial charge in [0.1, 0.15) is 5.75 Å². The van der Waals surface area contributed by atoms with Crippen LogP contribution in [0.5, 0.6) is 5.75 Å². The minimum atomic E-state index is 0.654. The smallest absolute Gasteiger partial charge is 0.125 e. The van der Waals surface area contributed by atoms with Crippen molar-refractivity contribution in [3.05, 3.63) is 28.8 Å². The van der Waals surface area contributed by atoms with Crippen molar-refractivity contribution in [3.63, 3.8) is 0 Å². The Hall–Kier alpha value is -0.980. The van der Waals surface area contributed by atoms with Gasteiger partial charge in [-0.05, 0) is 73.0 Å². The zero-order valence-electron chi connectivity index (χ0n) is 17.5. The molecule has 26 heavy (non-hydrogen) atoms. The molecular weight excluding hydrogens is 316 g/mol. The molecular formula is C25H40O. The van der Waals surface area contributed by atoms with Gasteiger partial charge in [-0.2, -0.15) is 0 Å². The first-order valence-electron chi connectivity index (χ1n) is 11.5. The fourth-order valence-electron chi connectivity index (χ4n) is 5.55. The van der Waals surface area contributed by atoms with E-state index in [0.717, 1.165) is 11.8 Å². The van der Waals surface area contributed by atoms with Gasteiger partial charge in [0.15, 0.2) is 0 Å². The van der Waals surface area contributed by atoms with E-state index in [9.17, 15) is 0 Å².